The fraction of sp³-hybridized carbons (Fsp3) is 0.500. The standard InChI is InChI=1S/C12H15ClN6O2/c1-7(11(20)19-2-4-21-5-3-19)16-10-8-9(15-6-14-8)17-12(13)18-10/h6-7H,2-5H2,1H3,(H2,14,15,16,17,18). The Morgan fingerprint density at radius 2 is 2.24 bits per heavy atom. The molecule has 0 spiro atoms. The van der Waals surface area contributed by atoms with Gasteiger partial charge in [-0.05, 0) is 18.5 Å². The van der Waals surface area contributed by atoms with Crippen molar-refractivity contribution in [1.82, 2.24) is 24.8 Å². The molecule has 3 heterocycles. The van der Waals surface area contributed by atoms with Crippen LogP contribution >= 0.6 is 11.6 Å². The highest BCUT2D eigenvalue weighted by Gasteiger charge is 2.23. The number of carbonyl (C=O) groups is 1. The first-order valence-electron chi connectivity index (χ1n) is 6.65. The highest BCUT2D eigenvalue weighted by molar-refractivity contribution is 6.28. The van der Waals surface area contributed by atoms with Crippen LogP contribution in [0.2, 0.25) is 5.28 Å². The van der Waals surface area contributed by atoms with Crippen LogP contribution in [0, 0.1) is 0 Å². The zero-order chi connectivity index (χ0) is 14.8. The third-order valence-corrected chi connectivity index (χ3v) is 3.47. The van der Waals surface area contributed by atoms with Crippen molar-refractivity contribution in [3.05, 3.63) is 11.6 Å². The van der Waals surface area contributed by atoms with E-state index in [9.17, 15) is 4.79 Å². The molecule has 3 rings (SSSR count). The lowest BCUT2D eigenvalue weighted by molar-refractivity contribution is -0.135. The maximum absolute atomic E-state index is 12.4. The average Bonchev–Trinajstić information content (AvgIpc) is 2.95. The Labute approximate surface area is 125 Å². The minimum absolute atomic E-state index is 0.000648. The molecular formula is C12H15ClN6O2. The van der Waals surface area contributed by atoms with Gasteiger partial charge in [0.15, 0.2) is 11.5 Å². The summed E-state index contributed by atoms with van der Waals surface area (Å²) in [6.45, 7) is 4.14. The molecule has 2 aromatic heterocycles. The predicted molar refractivity (Wildman–Crippen MR) is 77.2 cm³/mol. The number of ether oxygens (including phenoxy) is 1. The predicted octanol–water partition coefficient (Wildman–Crippen LogP) is 0.665. The van der Waals surface area contributed by atoms with Crippen LogP contribution in [0.15, 0.2) is 6.33 Å². The van der Waals surface area contributed by atoms with Gasteiger partial charge in [-0.15, -0.1) is 0 Å². The van der Waals surface area contributed by atoms with Gasteiger partial charge >= 0.3 is 0 Å². The van der Waals surface area contributed by atoms with Crippen LogP contribution in [0.25, 0.3) is 11.2 Å². The number of amides is 1. The number of H-pyrrole nitrogens is 1. The topological polar surface area (TPSA) is 96.0 Å². The van der Waals surface area contributed by atoms with Crippen LogP contribution in [0.1, 0.15) is 6.92 Å². The SMILES string of the molecule is CC(Nc1nc(Cl)nc2nc[nH]c12)C(=O)N1CCOCC1. The van der Waals surface area contributed by atoms with Gasteiger partial charge in [-0.1, -0.05) is 0 Å². The first kappa shape index (κ1) is 14.0. The minimum atomic E-state index is -0.430. The molecular weight excluding hydrogens is 296 g/mol. The summed E-state index contributed by atoms with van der Waals surface area (Å²) >= 11 is 5.86. The van der Waals surface area contributed by atoms with Gasteiger partial charge < -0.3 is 19.9 Å². The maximum Gasteiger partial charge on any atom is 0.244 e. The van der Waals surface area contributed by atoms with Gasteiger partial charge in [-0.3, -0.25) is 4.79 Å². The number of fused-ring (bicyclic) bond motifs is 1. The van der Waals surface area contributed by atoms with Crippen molar-refractivity contribution < 1.29 is 9.53 Å². The van der Waals surface area contributed by atoms with Gasteiger partial charge in [-0.2, -0.15) is 9.97 Å². The lowest BCUT2D eigenvalue weighted by Crippen LogP contribution is -2.47. The summed E-state index contributed by atoms with van der Waals surface area (Å²) in [5, 5.41) is 3.16. The van der Waals surface area contributed by atoms with E-state index in [0.717, 1.165) is 0 Å². The number of anilines is 1. The van der Waals surface area contributed by atoms with E-state index in [4.69, 9.17) is 16.3 Å². The van der Waals surface area contributed by atoms with Crippen molar-refractivity contribution in [3.8, 4) is 0 Å². The van der Waals surface area contributed by atoms with Crippen LogP contribution in [0.3, 0.4) is 0 Å². The zero-order valence-electron chi connectivity index (χ0n) is 11.5. The highest BCUT2D eigenvalue weighted by Crippen LogP contribution is 2.19. The second kappa shape index (κ2) is 5.82. The molecule has 112 valence electrons. The van der Waals surface area contributed by atoms with E-state index in [1.807, 2.05) is 0 Å². The van der Waals surface area contributed by atoms with Crippen LogP contribution in [-0.2, 0) is 9.53 Å². The monoisotopic (exact) mass is 310 g/mol. The van der Waals surface area contributed by atoms with Crippen molar-refractivity contribution in [2.24, 2.45) is 0 Å². The molecule has 8 nitrogen and oxygen atoms in total. The summed E-state index contributed by atoms with van der Waals surface area (Å²) in [6, 6.07) is -0.430. The molecule has 1 atom stereocenters. The van der Waals surface area contributed by atoms with Gasteiger partial charge in [0.1, 0.15) is 11.6 Å². The zero-order valence-corrected chi connectivity index (χ0v) is 12.2. The van der Waals surface area contributed by atoms with E-state index in [1.165, 1.54) is 6.33 Å². The highest BCUT2D eigenvalue weighted by atomic mass is 35.5. The Kier molecular flexibility index (Phi) is 3.89. The van der Waals surface area contributed by atoms with Crippen molar-refractivity contribution in [3.63, 3.8) is 0 Å². The lowest BCUT2D eigenvalue weighted by atomic mass is 10.2. The fourth-order valence-corrected chi connectivity index (χ4v) is 2.40. The van der Waals surface area contributed by atoms with Crippen LogP contribution < -0.4 is 5.32 Å². The smallest absolute Gasteiger partial charge is 0.244 e. The summed E-state index contributed by atoms with van der Waals surface area (Å²) in [5.41, 5.74) is 1.09. The molecule has 21 heavy (non-hydrogen) atoms. The first-order chi connectivity index (χ1) is 10.1. The Morgan fingerprint density at radius 3 is 3.00 bits per heavy atom. The van der Waals surface area contributed by atoms with Crippen LogP contribution in [-0.4, -0.2) is 63.1 Å². The number of hydrogen-bond acceptors (Lipinski definition) is 6. The van der Waals surface area contributed by atoms with Gasteiger partial charge in [0, 0.05) is 13.1 Å². The number of aromatic nitrogens is 4. The quantitative estimate of drug-likeness (QED) is 0.809. The number of aromatic amines is 1. The molecule has 0 aromatic carbocycles. The van der Waals surface area contributed by atoms with Crippen molar-refractivity contribution in [2.75, 3.05) is 31.6 Å². The average molecular weight is 311 g/mol. The molecule has 2 aromatic rings. The third-order valence-electron chi connectivity index (χ3n) is 3.30. The number of nitrogens with zero attached hydrogens (tertiary/aromatic N) is 4. The first-order valence-corrected chi connectivity index (χ1v) is 7.02. The molecule has 1 aliphatic heterocycles. The molecule has 1 amide bonds. The molecule has 0 bridgehead atoms. The minimum Gasteiger partial charge on any atom is -0.378 e. The molecule has 0 saturated carbocycles. The number of rotatable bonds is 3. The number of halogens is 1. The van der Waals surface area contributed by atoms with Gasteiger partial charge in [0.2, 0.25) is 11.2 Å². The lowest BCUT2D eigenvalue weighted by Gasteiger charge is -2.29. The summed E-state index contributed by atoms with van der Waals surface area (Å²) in [5.74, 6) is 0.470. The summed E-state index contributed by atoms with van der Waals surface area (Å²) in [6.07, 6.45) is 1.51. The summed E-state index contributed by atoms with van der Waals surface area (Å²) < 4.78 is 5.25. The summed E-state index contributed by atoms with van der Waals surface area (Å²) in [4.78, 5) is 29.2. The molecule has 2 N–H and O–H groups in total. The van der Waals surface area contributed by atoms with E-state index < -0.39 is 6.04 Å². The van der Waals surface area contributed by atoms with Crippen LogP contribution in [0.5, 0.6) is 0 Å². The number of imidazole rings is 1. The Balaban J connectivity index is 1.77. The molecule has 1 saturated heterocycles. The molecule has 1 fully saturated rings. The summed E-state index contributed by atoms with van der Waals surface area (Å²) in [7, 11) is 0. The van der Waals surface area contributed by atoms with E-state index in [0.29, 0.717) is 43.3 Å². The fourth-order valence-electron chi connectivity index (χ4n) is 2.24. The van der Waals surface area contributed by atoms with E-state index in [2.05, 4.69) is 25.3 Å². The van der Waals surface area contributed by atoms with E-state index in [1.54, 1.807) is 11.8 Å². The van der Waals surface area contributed by atoms with Crippen molar-refractivity contribution >= 4 is 34.5 Å². The molecule has 1 unspecified atom stereocenters. The Hall–Kier alpha value is -1.93. The largest absolute Gasteiger partial charge is 0.378 e. The van der Waals surface area contributed by atoms with Gasteiger partial charge in [0.05, 0.1) is 19.5 Å². The number of nitrogens with one attached hydrogen (secondary N) is 2. The normalized spacial score (nSPS) is 17.0. The van der Waals surface area contributed by atoms with Gasteiger partial charge in [0.25, 0.3) is 0 Å². The molecule has 0 aliphatic carbocycles. The number of hydrogen-bond donors (Lipinski definition) is 2. The van der Waals surface area contributed by atoms with Gasteiger partial charge in [-0.25, -0.2) is 4.98 Å². The number of carbonyl (C=O) groups excluding carboxylic acids is 1. The molecule has 1 aliphatic rings. The molecule has 9 heteroatoms. The Morgan fingerprint density at radius 1 is 1.48 bits per heavy atom. The van der Waals surface area contributed by atoms with E-state index in [-0.39, 0.29) is 11.2 Å². The second-order valence-electron chi connectivity index (χ2n) is 4.75. The van der Waals surface area contributed by atoms with Crippen molar-refractivity contribution in [1.29, 1.82) is 0 Å². The van der Waals surface area contributed by atoms with E-state index >= 15 is 0 Å². The second-order valence-corrected chi connectivity index (χ2v) is 5.08. The maximum atomic E-state index is 12.4. The third kappa shape index (κ3) is 2.91. The van der Waals surface area contributed by atoms with Crippen LogP contribution in [0.4, 0.5) is 5.82 Å². The number of morpholine rings is 1. The van der Waals surface area contributed by atoms with Crippen molar-refractivity contribution in [2.45, 2.75) is 13.0 Å². The Bertz CT molecular complexity index is 654. The molecule has 0 radical (unpaired) electrons.